The Balaban J connectivity index is 1.67. The number of benzene rings is 1. The van der Waals surface area contributed by atoms with Gasteiger partial charge < -0.3 is 20.6 Å². The summed E-state index contributed by atoms with van der Waals surface area (Å²) in [6, 6.07) is 10.1. The molecule has 0 radical (unpaired) electrons. The topological polar surface area (TPSA) is 81.7 Å². The molecular formula is C17H25N3O3. The maximum Gasteiger partial charge on any atom is 0.314 e. The lowest BCUT2D eigenvalue weighted by atomic mass is 9.97. The number of carbonyl (C=O) groups is 2. The summed E-state index contributed by atoms with van der Waals surface area (Å²) >= 11 is 0. The van der Waals surface area contributed by atoms with Gasteiger partial charge in [0, 0.05) is 38.3 Å². The van der Waals surface area contributed by atoms with E-state index in [4.69, 9.17) is 5.11 Å². The second kappa shape index (κ2) is 9.02. The molecule has 1 fully saturated rings. The highest BCUT2D eigenvalue weighted by Gasteiger charge is 2.20. The van der Waals surface area contributed by atoms with Crippen molar-refractivity contribution < 1.29 is 14.7 Å². The molecule has 0 spiro atoms. The normalized spacial score (nSPS) is 17.6. The van der Waals surface area contributed by atoms with E-state index < -0.39 is 5.97 Å². The van der Waals surface area contributed by atoms with Gasteiger partial charge in [-0.1, -0.05) is 18.2 Å². The summed E-state index contributed by atoms with van der Waals surface area (Å²) in [6.45, 7) is 3.04. The van der Waals surface area contributed by atoms with E-state index in [1.54, 1.807) is 0 Å². The average Bonchev–Trinajstić information content (AvgIpc) is 2.58. The number of carboxylic acids is 1. The zero-order valence-electron chi connectivity index (χ0n) is 13.3. The smallest absolute Gasteiger partial charge is 0.314 e. The van der Waals surface area contributed by atoms with E-state index in [0.717, 1.165) is 25.9 Å². The number of piperidine rings is 1. The van der Waals surface area contributed by atoms with Crippen LogP contribution in [0.1, 0.15) is 25.7 Å². The van der Waals surface area contributed by atoms with Crippen molar-refractivity contribution in [3.8, 4) is 0 Å². The number of hydrogen-bond donors (Lipinski definition) is 3. The highest BCUT2D eigenvalue weighted by atomic mass is 16.4. The van der Waals surface area contributed by atoms with Crippen LogP contribution in [0.25, 0.3) is 0 Å². The van der Waals surface area contributed by atoms with Gasteiger partial charge in [0.05, 0.1) is 0 Å². The second-order valence-electron chi connectivity index (χ2n) is 5.92. The average molecular weight is 319 g/mol. The Kier molecular flexibility index (Phi) is 6.72. The Hall–Kier alpha value is -2.24. The SMILES string of the molecule is O=C(O)CCCNC(=O)NCC1CCCN(c2ccccc2)C1. The summed E-state index contributed by atoms with van der Waals surface area (Å²) in [5, 5.41) is 14.1. The van der Waals surface area contributed by atoms with Crippen molar-refractivity contribution in [2.24, 2.45) is 5.92 Å². The number of nitrogens with zero attached hydrogens (tertiary/aromatic N) is 1. The summed E-state index contributed by atoms with van der Waals surface area (Å²) < 4.78 is 0. The molecule has 6 nitrogen and oxygen atoms in total. The van der Waals surface area contributed by atoms with Gasteiger partial charge in [0.2, 0.25) is 0 Å². The van der Waals surface area contributed by atoms with Crippen LogP contribution >= 0.6 is 0 Å². The zero-order valence-corrected chi connectivity index (χ0v) is 13.3. The van der Waals surface area contributed by atoms with E-state index in [2.05, 4.69) is 27.7 Å². The van der Waals surface area contributed by atoms with Crippen LogP contribution in [-0.2, 0) is 4.79 Å². The lowest BCUT2D eigenvalue weighted by molar-refractivity contribution is -0.137. The summed E-state index contributed by atoms with van der Waals surface area (Å²) in [4.78, 5) is 24.5. The number of anilines is 1. The Morgan fingerprint density at radius 1 is 1.22 bits per heavy atom. The molecule has 1 aromatic carbocycles. The summed E-state index contributed by atoms with van der Waals surface area (Å²) in [7, 11) is 0. The summed E-state index contributed by atoms with van der Waals surface area (Å²) in [5.41, 5.74) is 1.23. The van der Waals surface area contributed by atoms with Crippen LogP contribution in [0.2, 0.25) is 0 Å². The fourth-order valence-electron chi connectivity index (χ4n) is 2.85. The van der Waals surface area contributed by atoms with E-state index in [9.17, 15) is 9.59 Å². The molecule has 1 saturated heterocycles. The third-order valence-corrected chi connectivity index (χ3v) is 4.04. The van der Waals surface area contributed by atoms with E-state index in [1.807, 2.05) is 18.2 Å². The van der Waals surface area contributed by atoms with Crippen molar-refractivity contribution in [2.75, 3.05) is 31.1 Å². The van der Waals surface area contributed by atoms with Gasteiger partial charge in [-0.3, -0.25) is 4.79 Å². The molecule has 1 aromatic rings. The molecule has 2 rings (SSSR count). The van der Waals surface area contributed by atoms with Gasteiger partial charge in [0.1, 0.15) is 0 Å². The maximum atomic E-state index is 11.7. The van der Waals surface area contributed by atoms with Crippen LogP contribution in [0.15, 0.2) is 30.3 Å². The Morgan fingerprint density at radius 3 is 2.74 bits per heavy atom. The molecular weight excluding hydrogens is 294 g/mol. The lowest BCUT2D eigenvalue weighted by Crippen LogP contribution is -2.44. The van der Waals surface area contributed by atoms with Crippen molar-refractivity contribution in [2.45, 2.75) is 25.7 Å². The number of hydrogen-bond acceptors (Lipinski definition) is 3. The number of aliphatic carboxylic acids is 1. The van der Waals surface area contributed by atoms with Crippen molar-refractivity contribution in [3.05, 3.63) is 30.3 Å². The van der Waals surface area contributed by atoms with Crippen LogP contribution in [0.4, 0.5) is 10.5 Å². The molecule has 3 N–H and O–H groups in total. The quantitative estimate of drug-likeness (QED) is 0.672. The molecule has 0 aromatic heterocycles. The molecule has 6 heteroatoms. The lowest BCUT2D eigenvalue weighted by Gasteiger charge is -2.34. The number of nitrogens with one attached hydrogen (secondary N) is 2. The Morgan fingerprint density at radius 2 is 2.00 bits per heavy atom. The number of carbonyl (C=O) groups excluding carboxylic acids is 1. The van der Waals surface area contributed by atoms with E-state index in [-0.39, 0.29) is 12.5 Å². The van der Waals surface area contributed by atoms with Crippen LogP contribution in [0.5, 0.6) is 0 Å². The minimum absolute atomic E-state index is 0.0783. The van der Waals surface area contributed by atoms with Gasteiger partial charge in [0.15, 0.2) is 0 Å². The molecule has 0 saturated carbocycles. The first-order chi connectivity index (χ1) is 11.1. The van der Waals surface area contributed by atoms with Crippen molar-refractivity contribution in [1.82, 2.24) is 10.6 Å². The summed E-state index contributed by atoms with van der Waals surface area (Å²) in [5.74, 6) is -0.399. The van der Waals surface area contributed by atoms with Crippen LogP contribution in [0.3, 0.4) is 0 Å². The number of amides is 2. The molecule has 23 heavy (non-hydrogen) atoms. The van der Waals surface area contributed by atoms with Crippen molar-refractivity contribution >= 4 is 17.7 Å². The van der Waals surface area contributed by atoms with Gasteiger partial charge in [-0.15, -0.1) is 0 Å². The fourth-order valence-corrected chi connectivity index (χ4v) is 2.85. The molecule has 0 bridgehead atoms. The van der Waals surface area contributed by atoms with E-state index >= 15 is 0 Å². The molecule has 1 aliphatic rings. The third-order valence-electron chi connectivity index (χ3n) is 4.04. The molecule has 1 unspecified atom stereocenters. The van der Waals surface area contributed by atoms with Gasteiger partial charge >= 0.3 is 12.0 Å². The first-order valence-electron chi connectivity index (χ1n) is 8.18. The minimum atomic E-state index is -0.838. The van der Waals surface area contributed by atoms with Crippen LogP contribution < -0.4 is 15.5 Å². The Labute approximate surface area is 136 Å². The minimum Gasteiger partial charge on any atom is -0.481 e. The van der Waals surface area contributed by atoms with Gasteiger partial charge in [-0.05, 0) is 37.3 Å². The van der Waals surface area contributed by atoms with Gasteiger partial charge in [-0.2, -0.15) is 0 Å². The van der Waals surface area contributed by atoms with Gasteiger partial charge in [0.25, 0.3) is 0 Å². The van der Waals surface area contributed by atoms with Gasteiger partial charge in [-0.25, -0.2) is 4.79 Å². The highest BCUT2D eigenvalue weighted by molar-refractivity contribution is 5.73. The second-order valence-corrected chi connectivity index (χ2v) is 5.92. The van der Waals surface area contributed by atoms with Crippen molar-refractivity contribution in [3.63, 3.8) is 0 Å². The standard InChI is InChI=1S/C17H25N3O3/c21-16(22)9-4-10-18-17(23)19-12-14-6-5-11-20(13-14)15-7-2-1-3-8-15/h1-3,7-8,14H,4-6,9-13H2,(H,21,22)(H2,18,19,23). The molecule has 1 heterocycles. The van der Waals surface area contributed by atoms with E-state index in [1.165, 1.54) is 5.69 Å². The predicted molar refractivity (Wildman–Crippen MR) is 89.7 cm³/mol. The number of carboxylic acid groups (broad SMARTS) is 1. The van der Waals surface area contributed by atoms with Crippen molar-refractivity contribution in [1.29, 1.82) is 0 Å². The Bertz CT molecular complexity index is 507. The van der Waals surface area contributed by atoms with Crippen LogP contribution in [0, 0.1) is 5.92 Å². The largest absolute Gasteiger partial charge is 0.481 e. The van der Waals surface area contributed by atoms with Crippen LogP contribution in [-0.4, -0.2) is 43.3 Å². The molecule has 1 aliphatic heterocycles. The fraction of sp³-hybridized carbons (Fsp3) is 0.529. The monoisotopic (exact) mass is 319 g/mol. The molecule has 0 aliphatic carbocycles. The highest BCUT2D eigenvalue weighted by Crippen LogP contribution is 2.22. The maximum absolute atomic E-state index is 11.7. The number of para-hydroxylation sites is 1. The van der Waals surface area contributed by atoms with E-state index in [0.29, 0.717) is 25.4 Å². The molecule has 1 atom stereocenters. The number of urea groups is 1. The number of rotatable bonds is 7. The third kappa shape index (κ3) is 6.18. The molecule has 2 amide bonds. The zero-order chi connectivity index (χ0) is 16.5. The summed E-state index contributed by atoms with van der Waals surface area (Å²) in [6.07, 6.45) is 2.77. The first kappa shape index (κ1) is 17.1. The predicted octanol–water partition coefficient (Wildman–Crippen LogP) is 2.07. The molecule has 126 valence electrons. The first-order valence-corrected chi connectivity index (χ1v) is 8.18.